The van der Waals surface area contributed by atoms with E-state index in [0.29, 0.717) is 35.2 Å². The van der Waals surface area contributed by atoms with Gasteiger partial charge >= 0.3 is 5.97 Å². The molecular weight excluding hydrogens is 368 g/mol. The maximum Gasteiger partial charge on any atom is 0.320 e. The minimum absolute atomic E-state index is 0.191. The molecule has 1 aliphatic rings. The van der Waals surface area contributed by atoms with Gasteiger partial charge in [0, 0.05) is 0 Å². The van der Waals surface area contributed by atoms with Crippen LogP contribution in [0.1, 0.15) is 34.1 Å². The van der Waals surface area contributed by atoms with Crippen molar-refractivity contribution in [2.75, 3.05) is 25.4 Å². The number of carbonyl (C=O) groups is 1. The van der Waals surface area contributed by atoms with Gasteiger partial charge in [-0.05, 0) is 58.5 Å². The van der Waals surface area contributed by atoms with Crippen LogP contribution >= 0.6 is 11.8 Å². The first-order valence-corrected chi connectivity index (χ1v) is 9.98. The molecule has 8 heteroatoms. The summed E-state index contributed by atoms with van der Waals surface area (Å²) in [4.78, 5) is 27.3. The highest BCUT2D eigenvalue weighted by molar-refractivity contribution is 7.99. The van der Waals surface area contributed by atoms with Gasteiger partial charge in [0.25, 0.3) is 0 Å². The van der Waals surface area contributed by atoms with Gasteiger partial charge in [-0.1, -0.05) is 11.8 Å². The van der Waals surface area contributed by atoms with E-state index in [4.69, 9.17) is 14.2 Å². The summed E-state index contributed by atoms with van der Waals surface area (Å²) in [5.41, 5.74) is -0.861. The van der Waals surface area contributed by atoms with Crippen LogP contribution in [-0.4, -0.2) is 48.5 Å². The summed E-state index contributed by atoms with van der Waals surface area (Å²) in [6.07, 6.45) is 0.843. The van der Waals surface area contributed by atoms with E-state index in [1.54, 1.807) is 12.1 Å². The average molecular weight is 394 g/mol. The first-order chi connectivity index (χ1) is 12.8. The standard InChI is InChI=1S/C19H26N2O5S/c1-5-24-14-7-8-15-17(13(14)12-22)21-18(25-15)27-10-6-9-20-11-16(23)26-19(2,3)4/h7-8,18,20H,5-6,9-11H2,1-4H3. The largest absolute Gasteiger partial charge is 0.492 e. The summed E-state index contributed by atoms with van der Waals surface area (Å²) < 4.78 is 16.4. The van der Waals surface area contributed by atoms with Crippen LogP contribution in [0.3, 0.4) is 0 Å². The number of esters is 1. The summed E-state index contributed by atoms with van der Waals surface area (Å²) in [7, 11) is 0. The van der Waals surface area contributed by atoms with E-state index in [1.807, 2.05) is 33.6 Å². The van der Waals surface area contributed by atoms with Gasteiger partial charge in [-0.2, -0.15) is 0 Å². The highest BCUT2D eigenvalue weighted by Gasteiger charge is 2.20. The van der Waals surface area contributed by atoms with E-state index in [0.717, 1.165) is 12.2 Å². The van der Waals surface area contributed by atoms with E-state index in [2.05, 4.69) is 10.3 Å². The number of carbonyl (C=O) groups excluding carboxylic acids is 2. The lowest BCUT2D eigenvalue weighted by Gasteiger charge is -2.19. The van der Waals surface area contributed by atoms with Gasteiger partial charge in [0.2, 0.25) is 5.56 Å². The number of rotatable bonds is 9. The highest BCUT2D eigenvalue weighted by atomic mass is 32.2. The molecule has 7 nitrogen and oxygen atoms in total. The first kappa shape index (κ1) is 21.3. The van der Waals surface area contributed by atoms with Gasteiger partial charge < -0.3 is 19.5 Å². The fraction of sp³-hybridized carbons (Fsp3) is 0.579. The van der Waals surface area contributed by atoms with Crippen molar-refractivity contribution in [1.29, 1.82) is 0 Å². The number of thioether (sulfide) groups is 1. The Hall–Kier alpha value is -2.02. The molecule has 0 aromatic heterocycles. The molecule has 0 spiro atoms. The van der Waals surface area contributed by atoms with Crippen molar-refractivity contribution in [2.45, 2.75) is 45.3 Å². The summed E-state index contributed by atoms with van der Waals surface area (Å²) in [6.45, 7) is 8.72. The van der Waals surface area contributed by atoms with Crippen LogP contribution in [0.2, 0.25) is 0 Å². The fourth-order valence-electron chi connectivity index (χ4n) is 2.41. The molecule has 148 valence electrons. The van der Waals surface area contributed by atoms with Gasteiger partial charge in [-0.3, -0.25) is 4.79 Å². The van der Waals surface area contributed by atoms with E-state index in [1.165, 1.54) is 11.8 Å². The second-order valence-corrected chi connectivity index (χ2v) is 8.01. The van der Waals surface area contributed by atoms with E-state index in [9.17, 15) is 9.59 Å². The zero-order chi connectivity index (χ0) is 19.9. The number of fused-ring (bicyclic) bond motifs is 1. The van der Waals surface area contributed by atoms with E-state index >= 15 is 0 Å². The number of nitrogens with one attached hydrogen (secondary N) is 1. The molecule has 27 heavy (non-hydrogen) atoms. The first-order valence-electron chi connectivity index (χ1n) is 8.93. The van der Waals surface area contributed by atoms with Gasteiger partial charge in [0.1, 0.15) is 33.6 Å². The topological polar surface area (TPSA) is 86.2 Å². The quantitative estimate of drug-likeness (QED) is 0.493. The summed E-state index contributed by atoms with van der Waals surface area (Å²) in [5.74, 6) is 3.47. The predicted octanol–water partition coefficient (Wildman–Crippen LogP) is 0.939. The van der Waals surface area contributed by atoms with Crippen molar-refractivity contribution < 1.29 is 23.8 Å². The Morgan fingerprint density at radius 3 is 2.85 bits per heavy atom. The maximum atomic E-state index is 11.6. The molecule has 1 aromatic carbocycles. The lowest BCUT2D eigenvalue weighted by molar-refractivity contribution is -0.153. The zero-order valence-corrected chi connectivity index (χ0v) is 17.0. The van der Waals surface area contributed by atoms with Crippen LogP contribution in [0.15, 0.2) is 17.1 Å². The molecule has 1 aromatic rings. The van der Waals surface area contributed by atoms with Crippen LogP contribution in [0, 0.1) is 0 Å². The molecule has 0 saturated carbocycles. The second kappa shape index (κ2) is 9.78. The molecule has 0 fully saturated rings. The Bertz CT molecular complexity index is 800. The number of hydrogen-bond donors (Lipinski definition) is 1. The lowest BCUT2D eigenvalue weighted by atomic mass is 10.2. The Balaban J connectivity index is 1.77. The van der Waals surface area contributed by atoms with Crippen molar-refractivity contribution in [3.05, 3.63) is 22.7 Å². The fourth-order valence-corrected chi connectivity index (χ4v) is 3.28. The maximum absolute atomic E-state index is 11.6. The summed E-state index contributed by atoms with van der Waals surface area (Å²) >= 11 is 1.53. The SMILES string of the molecule is CCOc1ccc2c(c1=C=O)=NC(SCCCNCC(=O)OC(C)(C)C)O2. The molecule has 0 bridgehead atoms. The van der Waals surface area contributed by atoms with Gasteiger partial charge in [-0.15, -0.1) is 0 Å². The van der Waals surface area contributed by atoms with E-state index < -0.39 is 11.2 Å². The molecular formula is C19H26N2O5S. The second-order valence-electron chi connectivity index (χ2n) is 6.86. The highest BCUT2D eigenvalue weighted by Crippen LogP contribution is 2.22. The summed E-state index contributed by atoms with van der Waals surface area (Å²) in [6, 6.07) is 3.46. The van der Waals surface area contributed by atoms with Crippen molar-refractivity contribution in [3.63, 3.8) is 0 Å². The molecule has 1 N–H and O–H groups in total. The van der Waals surface area contributed by atoms with Crippen LogP contribution in [0.4, 0.5) is 0 Å². The molecule has 2 rings (SSSR count). The predicted molar refractivity (Wildman–Crippen MR) is 103 cm³/mol. The monoisotopic (exact) mass is 394 g/mol. The molecule has 1 unspecified atom stereocenters. The third-order valence-electron chi connectivity index (χ3n) is 3.41. The smallest absolute Gasteiger partial charge is 0.320 e. The third kappa shape index (κ3) is 6.57. The number of ether oxygens (including phenoxy) is 3. The zero-order valence-electron chi connectivity index (χ0n) is 16.2. The molecule has 0 aliphatic carbocycles. The van der Waals surface area contributed by atoms with Gasteiger partial charge in [0.05, 0.1) is 13.2 Å². The number of nitrogens with zero attached hydrogens (tertiary/aromatic N) is 1. The molecule has 1 atom stereocenters. The lowest BCUT2D eigenvalue weighted by Crippen LogP contribution is -2.32. The third-order valence-corrected chi connectivity index (χ3v) is 4.43. The van der Waals surface area contributed by atoms with Gasteiger partial charge in [-0.25, -0.2) is 9.79 Å². The van der Waals surface area contributed by atoms with Crippen molar-refractivity contribution >= 4 is 23.7 Å². The Kier molecular flexibility index (Phi) is 7.71. The molecule has 0 amide bonds. The molecule has 1 aliphatic heterocycles. The Labute approximate surface area is 163 Å². The minimum atomic E-state index is -0.467. The average Bonchev–Trinajstić information content (AvgIpc) is 2.99. The summed E-state index contributed by atoms with van der Waals surface area (Å²) in [5, 5.41) is 3.86. The molecule has 1 heterocycles. The van der Waals surface area contributed by atoms with Crippen LogP contribution in [0.25, 0.3) is 0 Å². The minimum Gasteiger partial charge on any atom is -0.492 e. The molecule has 0 saturated heterocycles. The van der Waals surface area contributed by atoms with Crippen LogP contribution in [0.5, 0.6) is 11.5 Å². The molecule has 0 radical (unpaired) electrons. The van der Waals surface area contributed by atoms with Gasteiger partial charge in [0.15, 0.2) is 0 Å². The normalized spacial score (nSPS) is 15.3. The number of hydrogen-bond acceptors (Lipinski definition) is 8. The number of benzene rings is 1. The van der Waals surface area contributed by atoms with Crippen molar-refractivity contribution in [2.24, 2.45) is 4.99 Å². The van der Waals surface area contributed by atoms with Crippen molar-refractivity contribution in [3.8, 4) is 11.5 Å². The van der Waals surface area contributed by atoms with Crippen LogP contribution in [-0.2, 0) is 14.3 Å². The van der Waals surface area contributed by atoms with Crippen molar-refractivity contribution in [1.82, 2.24) is 5.32 Å². The Morgan fingerprint density at radius 2 is 2.19 bits per heavy atom. The van der Waals surface area contributed by atoms with Crippen LogP contribution < -0.4 is 25.4 Å². The van der Waals surface area contributed by atoms with E-state index in [-0.39, 0.29) is 12.5 Å². The Morgan fingerprint density at radius 1 is 1.41 bits per heavy atom.